The van der Waals surface area contributed by atoms with E-state index < -0.39 is 0 Å². The number of benzene rings is 1. The number of nitrogens with zero attached hydrogens (tertiary/aromatic N) is 1. The summed E-state index contributed by atoms with van der Waals surface area (Å²) < 4.78 is 5.09. The average Bonchev–Trinajstić information content (AvgIpc) is 3.22. The lowest BCUT2D eigenvalue weighted by Gasteiger charge is -2.09. The predicted molar refractivity (Wildman–Crippen MR) is 75.0 cm³/mol. The van der Waals surface area contributed by atoms with Crippen molar-refractivity contribution in [3.05, 3.63) is 42.2 Å². The van der Waals surface area contributed by atoms with E-state index in [0.29, 0.717) is 18.2 Å². The molecule has 3 rings (SSSR count). The van der Waals surface area contributed by atoms with E-state index in [-0.39, 0.29) is 17.7 Å². The lowest BCUT2D eigenvalue weighted by atomic mass is 10.1. The van der Waals surface area contributed by atoms with Gasteiger partial charge in [0, 0.05) is 24.2 Å². The van der Waals surface area contributed by atoms with Gasteiger partial charge in [0.1, 0.15) is 5.69 Å². The van der Waals surface area contributed by atoms with Crippen molar-refractivity contribution >= 4 is 5.91 Å². The van der Waals surface area contributed by atoms with Crippen LogP contribution >= 0.6 is 0 Å². The highest BCUT2D eigenvalue weighted by molar-refractivity contribution is 5.92. The number of nitrogens with one attached hydrogen (secondary N) is 1. The standard InChI is InChI=1S/C15H17N3O2/c16-12(10-6-7-10)9-17-15(19)14-8-13(18-20-14)11-4-2-1-3-5-11/h1-5,8,10,12H,6-7,9,16H2,(H,17,19). The van der Waals surface area contributed by atoms with Crippen molar-refractivity contribution in [2.75, 3.05) is 6.54 Å². The molecule has 1 unspecified atom stereocenters. The molecule has 0 bridgehead atoms. The predicted octanol–water partition coefficient (Wildman–Crippen LogP) is 1.81. The Kier molecular flexibility index (Phi) is 3.52. The minimum Gasteiger partial charge on any atom is -0.350 e. The Morgan fingerprint density at radius 1 is 1.40 bits per heavy atom. The molecule has 1 saturated carbocycles. The first-order chi connectivity index (χ1) is 9.74. The molecule has 1 fully saturated rings. The summed E-state index contributed by atoms with van der Waals surface area (Å²) in [4.78, 5) is 11.9. The van der Waals surface area contributed by atoms with Crippen LogP contribution in [0, 0.1) is 5.92 Å². The molecule has 1 heterocycles. The van der Waals surface area contributed by atoms with Gasteiger partial charge in [-0.25, -0.2) is 0 Å². The highest BCUT2D eigenvalue weighted by atomic mass is 16.5. The quantitative estimate of drug-likeness (QED) is 0.869. The fraction of sp³-hybridized carbons (Fsp3) is 0.333. The van der Waals surface area contributed by atoms with Gasteiger partial charge in [-0.3, -0.25) is 4.79 Å². The monoisotopic (exact) mass is 271 g/mol. The van der Waals surface area contributed by atoms with E-state index in [1.807, 2.05) is 30.3 Å². The summed E-state index contributed by atoms with van der Waals surface area (Å²) in [6, 6.07) is 11.3. The lowest BCUT2D eigenvalue weighted by molar-refractivity contribution is 0.0913. The van der Waals surface area contributed by atoms with Crippen LogP contribution in [0.15, 0.2) is 40.9 Å². The molecule has 0 saturated heterocycles. The van der Waals surface area contributed by atoms with Crippen molar-refractivity contribution in [1.29, 1.82) is 0 Å². The molecule has 1 aliphatic rings. The minimum atomic E-state index is -0.268. The van der Waals surface area contributed by atoms with E-state index in [9.17, 15) is 4.79 Å². The van der Waals surface area contributed by atoms with Crippen molar-refractivity contribution in [1.82, 2.24) is 10.5 Å². The van der Waals surface area contributed by atoms with Gasteiger partial charge in [0.15, 0.2) is 0 Å². The van der Waals surface area contributed by atoms with Gasteiger partial charge in [-0.1, -0.05) is 35.5 Å². The third kappa shape index (κ3) is 2.88. The zero-order valence-corrected chi connectivity index (χ0v) is 11.1. The molecule has 1 aliphatic carbocycles. The maximum absolute atomic E-state index is 11.9. The molecule has 5 heteroatoms. The molecule has 0 radical (unpaired) electrons. The van der Waals surface area contributed by atoms with Crippen LogP contribution in [0.5, 0.6) is 0 Å². The molecule has 5 nitrogen and oxygen atoms in total. The zero-order valence-electron chi connectivity index (χ0n) is 11.1. The molecular weight excluding hydrogens is 254 g/mol. The van der Waals surface area contributed by atoms with Gasteiger partial charge < -0.3 is 15.6 Å². The Labute approximate surface area is 117 Å². The van der Waals surface area contributed by atoms with E-state index in [2.05, 4.69) is 10.5 Å². The number of hydrogen-bond donors (Lipinski definition) is 2. The Hall–Kier alpha value is -2.14. The van der Waals surface area contributed by atoms with Crippen LogP contribution < -0.4 is 11.1 Å². The number of amides is 1. The van der Waals surface area contributed by atoms with Gasteiger partial charge in [0.05, 0.1) is 0 Å². The Morgan fingerprint density at radius 2 is 2.15 bits per heavy atom. The lowest BCUT2D eigenvalue weighted by Crippen LogP contribution is -2.38. The fourth-order valence-corrected chi connectivity index (χ4v) is 2.12. The van der Waals surface area contributed by atoms with Crippen LogP contribution in [-0.4, -0.2) is 23.7 Å². The first-order valence-corrected chi connectivity index (χ1v) is 6.80. The fourth-order valence-electron chi connectivity index (χ4n) is 2.12. The van der Waals surface area contributed by atoms with Gasteiger partial charge in [0.25, 0.3) is 5.91 Å². The minimum absolute atomic E-state index is 0.0375. The summed E-state index contributed by atoms with van der Waals surface area (Å²) in [6.07, 6.45) is 2.33. The maximum Gasteiger partial charge on any atom is 0.289 e. The Morgan fingerprint density at radius 3 is 2.85 bits per heavy atom. The summed E-state index contributed by atoms with van der Waals surface area (Å²) in [5.41, 5.74) is 7.52. The highest BCUT2D eigenvalue weighted by Crippen LogP contribution is 2.31. The molecule has 3 N–H and O–H groups in total. The van der Waals surface area contributed by atoms with Crippen LogP contribution in [0.3, 0.4) is 0 Å². The second-order valence-electron chi connectivity index (χ2n) is 5.15. The topological polar surface area (TPSA) is 81.1 Å². The van der Waals surface area contributed by atoms with E-state index >= 15 is 0 Å². The molecule has 1 aromatic heterocycles. The van der Waals surface area contributed by atoms with Crippen molar-refractivity contribution in [3.8, 4) is 11.3 Å². The Bertz CT molecular complexity index is 590. The van der Waals surface area contributed by atoms with Crippen LogP contribution in [-0.2, 0) is 0 Å². The molecule has 0 spiro atoms. The first-order valence-electron chi connectivity index (χ1n) is 6.80. The zero-order chi connectivity index (χ0) is 13.9. The second-order valence-corrected chi connectivity index (χ2v) is 5.15. The summed E-state index contributed by atoms with van der Waals surface area (Å²) >= 11 is 0. The van der Waals surface area contributed by atoms with Gasteiger partial charge in [0.2, 0.25) is 5.76 Å². The molecule has 1 atom stereocenters. The number of aromatic nitrogens is 1. The van der Waals surface area contributed by atoms with Gasteiger partial charge in [-0.05, 0) is 18.8 Å². The third-order valence-electron chi connectivity index (χ3n) is 3.53. The van der Waals surface area contributed by atoms with E-state index in [1.165, 1.54) is 0 Å². The summed E-state index contributed by atoms with van der Waals surface area (Å²) in [7, 11) is 0. The van der Waals surface area contributed by atoms with Crippen molar-refractivity contribution in [2.24, 2.45) is 11.7 Å². The van der Waals surface area contributed by atoms with Crippen molar-refractivity contribution in [2.45, 2.75) is 18.9 Å². The number of hydrogen-bond acceptors (Lipinski definition) is 4. The average molecular weight is 271 g/mol. The summed E-state index contributed by atoms with van der Waals surface area (Å²) in [6.45, 7) is 0.477. The molecule has 1 amide bonds. The van der Waals surface area contributed by atoms with Crippen LogP contribution in [0.1, 0.15) is 23.4 Å². The normalized spacial score (nSPS) is 15.8. The van der Waals surface area contributed by atoms with E-state index in [4.69, 9.17) is 10.3 Å². The molecule has 0 aliphatic heterocycles. The van der Waals surface area contributed by atoms with Crippen LogP contribution in [0.25, 0.3) is 11.3 Å². The maximum atomic E-state index is 11.9. The van der Waals surface area contributed by atoms with E-state index in [0.717, 1.165) is 18.4 Å². The van der Waals surface area contributed by atoms with Crippen LogP contribution in [0.2, 0.25) is 0 Å². The van der Waals surface area contributed by atoms with Crippen molar-refractivity contribution in [3.63, 3.8) is 0 Å². The number of carbonyl (C=O) groups is 1. The number of rotatable bonds is 5. The number of carbonyl (C=O) groups excluding carboxylic acids is 1. The smallest absolute Gasteiger partial charge is 0.289 e. The second kappa shape index (κ2) is 5.46. The first kappa shape index (κ1) is 12.9. The molecule has 104 valence electrons. The highest BCUT2D eigenvalue weighted by Gasteiger charge is 2.28. The summed E-state index contributed by atoms with van der Waals surface area (Å²) in [5, 5.41) is 6.70. The summed E-state index contributed by atoms with van der Waals surface area (Å²) in [5.74, 6) is 0.507. The van der Waals surface area contributed by atoms with E-state index in [1.54, 1.807) is 6.07 Å². The van der Waals surface area contributed by atoms with Gasteiger partial charge in [-0.15, -0.1) is 0 Å². The van der Waals surface area contributed by atoms with Crippen molar-refractivity contribution < 1.29 is 9.32 Å². The molecular formula is C15H17N3O2. The SMILES string of the molecule is NC(CNC(=O)c1cc(-c2ccccc2)no1)C1CC1. The number of nitrogens with two attached hydrogens (primary N) is 1. The third-order valence-corrected chi connectivity index (χ3v) is 3.53. The molecule has 2 aromatic rings. The molecule has 1 aromatic carbocycles. The van der Waals surface area contributed by atoms with Gasteiger partial charge in [-0.2, -0.15) is 0 Å². The Balaban J connectivity index is 1.62. The molecule has 20 heavy (non-hydrogen) atoms. The van der Waals surface area contributed by atoms with Gasteiger partial charge >= 0.3 is 0 Å². The largest absolute Gasteiger partial charge is 0.350 e. The van der Waals surface area contributed by atoms with Crippen LogP contribution in [0.4, 0.5) is 0 Å².